The molecule has 0 saturated heterocycles. The fraction of sp³-hybridized carbons (Fsp3) is 0.179. The maximum Gasteiger partial charge on any atom is 0.243 e. The van der Waals surface area contributed by atoms with Gasteiger partial charge in [0.15, 0.2) is 5.76 Å². The van der Waals surface area contributed by atoms with Gasteiger partial charge < -0.3 is 15.2 Å². The average molecular weight is 506 g/mol. The molecule has 0 aliphatic heterocycles. The van der Waals surface area contributed by atoms with E-state index in [0.29, 0.717) is 18.5 Å². The Morgan fingerprint density at radius 2 is 1.56 bits per heavy atom. The van der Waals surface area contributed by atoms with Crippen LogP contribution in [0, 0.1) is 5.82 Å². The summed E-state index contributed by atoms with van der Waals surface area (Å²) < 4.78 is 19.9. The molecule has 0 aliphatic carbocycles. The summed E-state index contributed by atoms with van der Waals surface area (Å²) in [6.45, 7) is 1.37. The van der Waals surface area contributed by atoms with Gasteiger partial charge in [0, 0.05) is 19.4 Å². The fourth-order valence-corrected chi connectivity index (χ4v) is 4.22. The first-order valence-electron chi connectivity index (χ1n) is 11.5. The number of hydrogen-bond acceptors (Lipinski definition) is 4. The molecule has 0 unspecified atom stereocenters. The Labute approximate surface area is 213 Å². The van der Waals surface area contributed by atoms with E-state index in [1.165, 1.54) is 19.1 Å². The highest BCUT2D eigenvalue weighted by molar-refractivity contribution is 6.33. The Hall–Kier alpha value is -3.97. The lowest BCUT2D eigenvalue weighted by molar-refractivity contribution is -0.128. The average Bonchev–Trinajstić information content (AvgIpc) is 3.34. The van der Waals surface area contributed by atoms with Crippen molar-refractivity contribution >= 4 is 23.4 Å². The number of nitrogens with zero attached hydrogens (tertiary/aromatic N) is 1. The van der Waals surface area contributed by atoms with Gasteiger partial charge >= 0.3 is 0 Å². The molecule has 0 spiro atoms. The van der Waals surface area contributed by atoms with Gasteiger partial charge in [0.05, 0.1) is 16.6 Å². The van der Waals surface area contributed by atoms with Crippen LogP contribution in [0.2, 0.25) is 5.02 Å². The van der Waals surface area contributed by atoms with E-state index >= 15 is 0 Å². The van der Waals surface area contributed by atoms with E-state index in [1.54, 1.807) is 12.1 Å². The summed E-state index contributed by atoms with van der Waals surface area (Å²) in [7, 11) is 0. The minimum Gasteiger partial charge on any atom is -0.356 e. The Morgan fingerprint density at radius 3 is 2.17 bits per heavy atom. The highest BCUT2D eigenvalue weighted by Crippen LogP contribution is 2.32. The summed E-state index contributed by atoms with van der Waals surface area (Å²) in [4.78, 5) is 25.2. The molecule has 3 aromatic carbocycles. The van der Waals surface area contributed by atoms with E-state index in [9.17, 15) is 14.0 Å². The topological polar surface area (TPSA) is 84.2 Å². The van der Waals surface area contributed by atoms with E-state index in [1.807, 2.05) is 60.7 Å². The highest BCUT2D eigenvalue weighted by atomic mass is 35.5. The van der Waals surface area contributed by atoms with Crippen molar-refractivity contribution in [2.75, 3.05) is 0 Å². The third-order valence-electron chi connectivity index (χ3n) is 5.67. The Kier molecular flexibility index (Phi) is 8.13. The van der Waals surface area contributed by atoms with Crippen molar-refractivity contribution in [3.05, 3.63) is 113 Å². The minimum atomic E-state index is -0.796. The molecule has 1 heterocycles. The summed E-state index contributed by atoms with van der Waals surface area (Å²) in [5.41, 5.74) is 2.37. The quantitative estimate of drug-likeness (QED) is 0.324. The van der Waals surface area contributed by atoms with Gasteiger partial charge in [0.1, 0.15) is 17.6 Å². The number of benzene rings is 3. The molecule has 0 radical (unpaired) electrons. The Morgan fingerprint density at radius 1 is 0.917 bits per heavy atom. The SMILES string of the molecule is CC(=O)N[C@@H](Cc1ccccc1)C(=O)N[C@@H](Cc1ccccc1)c1cc(-c2c(F)cccc2Cl)on1. The molecule has 36 heavy (non-hydrogen) atoms. The molecular formula is C28H25ClFN3O3. The van der Waals surface area contributed by atoms with Gasteiger partial charge in [-0.2, -0.15) is 0 Å². The summed E-state index contributed by atoms with van der Waals surface area (Å²) in [5.74, 6) is -1.07. The maximum atomic E-state index is 14.5. The lowest BCUT2D eigenvalue weighted by Gasteiger charge is -2.22. The monoisotopic (exact) mass is 505 g/mol. The normalized spacial score (nSPS) is 12.5. The third kappa shape index (κ3) is 6.37. The first-order valence-corrected chi connectivity index (χ1v) is 11.8. The van der Waals surface area contributed by atoms with Gasteiger partial charge in [-0.15, -0.1) is 0 Å². The molecule has 0 bridgehead atoms. The number of carbonyl (C=O) groups excluding carboxylic acids is 2. The van der Waals surface area contributed by atoms with Gasteiger partial charge in [-0.05, 0) is 29.7 Å². The Balaban J connectivity index is 1.62. The molecule has 184 valence electrons. The smallest absolute Gasteiger partial charge is 0.243 e. The molecular weight excluding hydrogens is 481 g/mol. The van der Waals surface area contributed by atoms with Gasteiger partial charge in [-0.25, -0.2) is 4.39 Å². The lowest BCUT2D eigenvalue weighted by atomic mass is 10.0. The molecule has 1 aromatic heterocycles. The van der Waals surface area contributed by atoms with Crippen LogP contribution in [-0.4, -0.2) is 23.0 Å². The highest BCUT2D eigenvalue weighted by Gasteiger charge is 2.26. The second-order valence-corrected chi connectivity index (χ2v) is 8.81. The molecule has 8 heteroatoms. The van der Waals surface area contributed by atoms with Crippen LogP contribution in [0.25, 0.3) is 11.3 Å². The summed E-state index contributed by atoms with van der Waals surface area (Å²) in [6, 6.07) is 23.5. The van der Waals surface area contributed by atoms with Crippen molar-refractivity contribution in [3.8, 4) is 11.3 Å². The third-order valence-corrected chi connectivity index (χ3v) is 5.99. The van der Waals surface area contributed by atoms with Crippen molar-refractivity contribution in [3.63, 3.8) is 0 Å². The molecule has 2 N–H and O–H groups in total. The summed E-state index contributed by atoms with van der Waals surface area (Å²) >= 11 is 6.20. The molecule has 0 saturated carbocycles. The predicted octanol–water partition coefficient (Wildman–Crippen LogP) is 5.28. The largest absolute Gasteiger partial charge is 0.356 e. The number of hydrogen-bond donors (Lipinski definition) is 2. The zero-order valence-corrected chi connectivity index (χ0v) is 20.3. The molecule has 0 aliphatic rings. The molecule has 0 fully saturated rings. The lowest BCUT2D eigenvalue weighted by Crippen LogP contribution is -2.48. The van der Waals surface area contributed by atoms with Crippen molar-refractivity contribution in [2.24, 2.45) is 0 Å². The zero-order valence-electron chi connectivity index (χ0n) is 19.6. The van der Waals surface area contributed by atoms with E-state index in [-0.39, 0.29) is 28.2 Å². The number of rotatable bonds is 9. The van der Waals surface area contributed by atoms with Gasteiger partial charge in [-0.3, -0.25) is 9.59 Å². The van der Waals surface area contributed by atoms with Crippen molar-refractivity contribution in [2.45, 2.75) is 31.8 Å². The van der Waals surface area contributed by atoms with Gasteiger partial charge in [0.2, 0.25) is 11.8 Å². The second kappa shape index (κ2) is 11.6. The number of halogens is 2. The number of aromatic nitrogens is 1. The van der Waals surface area contributed by atoms with Crippen LogP contribution in [-0.2, 0) is 22.4 Å². The van der Waals surface area contributed by atoms with E-state index in [0.717, 1.165) is 11.1 Å². The first kappa shape index (κ1) is 25.1. The van der Waals surface area contributed by atoms with Crippen molar-refractivity contribution in [1.82, 2.24) is 15.8 Å². The Bertz CT molecular complexity index is 1310. The standard InChI is InChI=1S/C28H25ClFN3O3/c1-18(34)31-25(16-20-11-6-3-7-12-20)28(35)32-23(15-19-9-4-2-5-10-19)24-17-26(36-33-24)27-21(29)13-8-14-22(27)30/h2-14,17,23,25H,15-16H2,1H3,(H,31,34)(H,32,35)/t23-,25-/m0/s1. The van der Waals surface area contributed by atoms with Crippen LogP contribution in [0.5, 0.6) is 0 Å². The summed E-state index contributed by atoms with van der Waals surface area (Å²) in [6.07, 6.45) is 0.723. The van der Waals surface area contributed by atoms with Gasteiger partial charge in [0.25, 0.3) is 0 Å². The van der Waals surface area contributed by atoms with Crippen LogP contribution in [0.4, 0.5) is 4.39 Å². The van der Waals surface area contributed by atoms with Crippen molar-refractivity contribution in [1.29, 1.82) is 0 Å². The van der Waals surface area contributed by atoms with Crippen molar-refractivity contribution < 1.29 is 18.5 Å². The second-order valence-electron chi connectivity index (χ2n) is 8.41. The van der Waals surface area contributed by atoms with Crippen LogP contribution in [0.3, 0.4) is 0 Å². The maximum absolute atomic E-state index is 14.5. The van der Waals surface area contributed by atoms with E-state index in [2.05, 4.69) is 15.8 Å². The van der Waals surface area contributed by atoms with Crippen LogP contribution in [0.1, 0.15) is 29.8 Å². The van der Waals surface area contributed by atoms with Crippen LogP contribution in [0.15, 0.2) is 89.5 Å². The number of amides is 2. The fourth-order valence-electron chi connectivity index (χ4n) is 3.96. The van der Waals surface area contributed by atoms with Crippen LogP contribution >= 0.6 is 11.6 Å². The molecule has 2 atom stereocenters. The first-order chi connectivity index (χ1) is 17.4. The molecule has 4 aromatic rings. The molecule has 2 amide bonds. The molecule has 4 rings (SSSR count). The zero-order chi connectivity index (χ0) is 25.5. The summed E-state index contributed by atoms with van der Waals surface area (Å²) in [5, 5.41) is 10.0. The van der Waals surface area contributed by atoms with Gasteiger partial charge in [-0.1, -0.05) is 83.5 Å². The number of carbonyl (C=O) groups is 2. The van der Waals surface area contributed by atoms with E-state index < -0.39 is 17.9 Å². The molecule has 6 nitrogen and oxygen atoms in total. The van der Waals surface area contributed by atoms with E-state index in [4.69, 9.17) is 16.1 Å². The predicted molar refractivity (Wildman–Crippen MR) is 136 cm³/mol. The van der Waals surface area contributed by atoms with Crippen LogP contribution < -0.4 is 10.6 Å². The minimum absolute atomic E-state index is 0.0999. The number of nitrogens with one attached hydrogen (secondary N) is 2.